The van der Waals surface area contributed by atoms with Gasteiger partial charge in [-0.1, -0.05) is 32.0 Å². The van der Waals surface area contributed by atoms with E-state index in [1.807, 2.05) is 24.4 Å². The van der Waals surface area contributed by atoms with Gasteiger partial charge in [-0.3, -0.25) is 9.69 Å². The third kappa shape index (κ3) is 3.97. The first-order valence-corrected chi connectivity index (χ1v) is 8.78. The maximum absolute atomic E-state index is 12.4. The standard InChI is InChI=1S/C19H27N3O2/c1-14(2)18(22-7-9-24-10-8-22)13-21-19(23)11-15-12-20-17-6-4-3-5-16(15)17/h3-6,12,14,18,20H,7-11,13H2,1-2H3,(H,21,23). The molecular weight excluding hydrogens is 302 g/mol. The van der Waals surface area contributed by atoms with E-state index in [4.69, 9.17) is 4.74 Å². The van der Waals surface area contributed by atoms with Gasteiger partial charge < -0.3 is 15.0 Å². The number of amides is 1. The van der Waals surface area contributed by atoms with Crippen molar-refractivity contribution in [1.29, 1.82) is 0 Å². The number of rotatable bonds is 6. The van der Waals surface area contributed by atoms with Crippen LogP contribution in [0.3, 0.4) is 0 Å². The lowest BCUT2D eigenvalue weighted by Crippen LogP contribution is -2.51. The second kappa shape index (κ2) is 7.81. The number of morpholine rings is 1. The molecule has 5 nitrogen and oxygen atoms in total. The Balaban J connectivity index is 1.57. The molecule has 1 fully saturated rings. The Hall–Kier alpha value is -1.85. The zero-order valence-corrected chi connectivity index (χ0v) is 14.5. The van der Waals surface area contributed by atoms with Crippen molar-refractivity contribution >= 4 is 16.8 Å². The van der Waals surface area contributed by atoms with Gasteiger partial charge in [0.05, 0.1) is 19.6 Å². The molecule has 2 aromatic rings. The van der Waals surface area contributed by atoms with E-state index in [-0.39, 0.29) is 5.91 Å². The molecule has 1 aromatic carbocycles. The number of aromatic amines is 1. The number of hydrogen-bond donors (Lipinski definition) is 2. The zero-order chi connectivity index (χ0) is 16.9. The second-order valence-electron chi connectivity index (χ2n) is 6.80. The summed E-state index contributed by atoms with van der Waals surface area (Å²) in [6.07, 6.45) is 2.35. The van der Waals surface area contributed by atoms with E-state index in [0.717, 1.165) is 42.8 Å². The normalized spacial score (nSPS) is 17.3. The van der Waals surface area contributed by atoms with Gasteiger partial charge in [0.25, 0.3) is 0 Å². The van der Waals surface area contributed by atoms with Crippen molar-refractivity contribution < 1.29 is 9.53 Å². The average molecular weight is 329 g/mol. The largest absolute Gasteiger partial charge is 0.379 e. The lowest BCUT2D eigenvalue weighted by Gasteiger charge is -2.36. The molecule has 3 rings (SSSR count). The summed E-state index contributed by atoms with van der Waals surface area (Å²) in [5.41, 5.74) is 2.13. The molecule has 5 heteroatoms. The van der Waals surface area contributed by atoms with Crippen LogP contribution >= 0.6 is 0 Å². The molecule has 0 saturated carbocycles. The van der Waals surface area contributed by atoms with Gasteiger partial charge in [0.15, 0.2) is 0 Å². The topological polar surface area (TPSA) is 57.4 Å². The number of nitrogens with zero attached hydrogens (tertiary/aromatic N) is 1. The third-order valence-corrected chi connectivity index (χ3v) is 4.82. The summed E-state index contributed by atoms with van der Waals surface area (Å²) >= 11 is 0. The number of benzene rings is 1. The first-order chi connectivity index (χ1) is 11.6. The lowest BCUT2D eigenvalue weighted by molar-refractivity contribution is -0.120. The fourth-order valence-corrected chi connectivity index (χ4v) is 3.43. The summed E-state index contributed by atoms with van der Waals surface area (Å²) in [5.74, 6) is 0.579. The predicted molar refractivity (Wildman–Crippen MR) is 96.0 cm³/mol. The molecule has 2 N–H and O–H groups in total. The molecule has 1 atom stereocenters. The summed E-state index contributed by atoms with van der Waals surface area (Å²) in [6.45, 7) is 8.58. The van der Waals surface area contributed by atoms with E-state index in [0.29, 0.717) is 24.9 Å². The molecule has 130 valence electrons. The second-order valence-corrected chi connectivity index (χ2v) is 6.80. The molecular formula is C19H27N3O2. The number of aromatic nitrogens is 1. The number of para-hydroxylation sites is 1. The number of H-pyrrole nitrogens is 1. The number of ether oxygens (including phenoxy) is 1. The van der Waals surface area contributed by atoms with E-state index in [2.05, 4.69) is 35.1 Å². The van der Waals surface area contributed by atoms with Gasteiger partial charge in [-0.15, -0.1) is 0 Å². The summed E-state index contributed by atoms with van der Waals surface area (Å²) in [4.78, 5) is 18.1. The molecule has 1 unspecified atom stereocenters. The Bertz CT molecular complexity index is 674. The number of hydrogen-bond acceptors (Lipinski definition) is 3. The number of carbonyl (C=O) groups is 1. The van der Waals surface area contributed by atoms with Gasteiger partial charge in [0.2, 0.25) is 5.91 Å². The minimum atomic E-state index is 0.0821. The molecule has 0 radical (unpaired) electrons. The summed E-state index contributed by atoms with van der Waals surface area (Å²) < 4.78 is 5.43. The summed E-state index contributed by atoms with van der Waals surface area (Å²) in [5, 5.41) is 4.26. The van der Waals surface area contributed by atoms with Crippen LogP contribution in [0.1, 0.15) is 19.4 Å². The van der Waals surface area contributed by atoms with Crippen molar-refractivity contribution in [2.45, 2.75) is 26.3 Å². The van der Waals surface area contributed by atoms with E-state index < -0.39 is 0 Å². The van der Waals surface area contributed by atoms with E-state index in [9.17, 15) is 4.79 Å². The van der Waals surface area contributed by atoms with Crippen molar-refractivity contribution in [2.75, 3.05) is 32.8 Å². The van der Waals surface area contributed by atoms with Crippen molar-refractivity contribution in [3.05, 3.63) is 36.0 Å². The monoisotopic (exact) mass is 329 g/mol. The Kier molecular flexibility index (Phi) is 5.53. The minimum absolute atomic E-state index is 0.0821. The minimum Gasteiger partial charge on any atom is -0.379 e. The van der Waals surface area contributed by atoms with Crippen LogP contribution in [0.4, 0.5) is 0 Å². The van der Waals surface area contributed by atoms with Gasteiger partial charge >= 0.3 is 0 Å². The quantitative estimate of drug-likeness (QED) is 0.854. The molecule has 0 bridgehead atoms. The van der Waals surface area contributed by atoms with Crippen molar-refractivity contribution in [3.63, 3.8) is 0 Å². The highest BCUT2D eigenvalue weighted by Crippen LogP contribution is 2.18. The molecule has 1 saturated heterocycles. The average Bonchev–Trinajstić information content (AvgIpc) is 2.99. The molecule has 2 heterocycles. The van der Waals surface area contributed by atoms with Gasteiger partial charge in [0.1, 0.15) is 0 Å². The number of carbonyl (C=O) groups excluding carboxylic acids is 1. The number of fused-ring (bicyclic) bond motifs is 1. The maximum Gasteiger partial charge on any atom is 0.224 e. The van der Waals surface area contributed by atoms with Gasteiger partial charge in [0, 0.05) is 42.8 Å². The first kappa shape index (κ1) is 17.0. The molecule has 24 heavy (non-hydrogen) atoms. The summed E-state index contributed by atoms with van der Waals surface area (Å²) in [6, 6.07) is 8.45. The third-order valence-electron chi connectivity index (χ3n) is 4.82. The van der Waals surface area contributed by atoms with Crippen LogP contribution < -0.4 is 5.32 Å². The number of nitrogens with one attached hydrogen (secondary N) is 2. The SMILES string of the molecule is CC(C)C(CNC(=O)Cc1c[nH]c2ccccc12)N1CCOCC1. The van der Waals surface area contributed by atoms with Gasteiger partial charge in [-0.2, -0.15) is 0 Å². The fraction of sp³-hybridized carbons (Fsp3) is 0.526. The van der Waals surface area contributed by atoms with Crippen LogP contribution in [-0.2, 0) is 16.0 Å². The van der Waals surface area contributed by atoms with E-state index >= 15 is 0 Å². The van der Waals surface area contributed by atoms with Crippen LogP contribution in [0.25, 0.3) is 10.9 Å². The van der Waals surface area contributed by atoms with Crippen LogP contribution in [0.15, 0.2) is 30.5 Å². The van der Waals surface area contributed by atoms with E-state index in [1.54, 1.807) is 0 Å². The molecule has 1 amide bonds. The smallest absolute Gasteiger partial charge is 0.224 e. The van der Waals surface area contributed by atoms with Crippen LogP contribution in [0.2, 0.25) is 0 Å². The Morgan fingerprint density at radius 3 is 2.79 bits per heavy atom. The summed E-state index contributed by atoms with van der Waals surface area (Å²) in [7, 11) is 0. The van der Waals surface area contributed by atoms with Crippen molar-refractivity contribution in [2.24, 2.45) is 5.92 Å². The predicted octanol–water partition coefficient (Wildman–Crippen LogP) is 2.18. The maximum atomic E-state index is 12.4. The van der Waals surface area contributed by atoms with Crippen LogP contribution in [0, 0.1) is 5.92 Å². The zero-order valence-electron chi connectivity index (χ0n) is 14.5. The first-order valence-electron chi connectivity index (χ1n) is 8.78. The molecule has 1 aliphatic rings. The lowest BCUT2D eigenvalue weighted by atomic mass is 10.0. The Labute approximate surface area is 143 Å². The highest BCUT2D eigenvalue weighted by Gasteiger charge is 2.24. The fourth-order valence-electron chi connectivity index (χ4n) is 3.43. The highest BCUT2D eigenvalue weighted by atomic mass is 16.5. The van der Waals surface area contributed by atoms with Gasteiger partial charge in [-0.25, -0.2) is 0 Å². The van der Waals surface area contributed by atoms with E-state index in [1.165, 1.54) is 0 Å². The molecule has 1 aliphatic heterocycles. The highest BCUT2D eigenvalue weighted by molar-refractivity contribution is 5.88. The van der Waals surface area contributed by atoms with Crippen molar-refractivity contribution in [3.8, 4) is 0 Å². The molecule has 0 aliphatic carbocycles. The van der Waals surface area contributed by atoms with Crippen molar-refractivity contribution in [1.82, 2.24) is 15.2 Å². The van der Waals surface area contributed by atoms with Crippen LogP contribution in [-0.4, -0.2) is 54.7 Å². The molecule has 0 spiro atoms. The van der Waals surface area contributed by atoms with Crippen LogP contribution in [0.5, 0.6) is 0 Å². The Morgan fingerprint density at radius 2 is 2.04 bits per heavy atom. The molecule has 1 aromatic heterocycles. The van der Waals surface area contributed by atoms with Gasteiger partial charge in [-0.05, 0) is 17.5 Å². The Morgan fingerprint density at radius 1 is 1.29 bits per heavy atom.